The van der Waals surface area contributed by atoms with Crippen molar-refractivity contribution in [1.82, 2.24) is 9.99 Å². The minimum absolute atomic E-state index is 0.0646. The van der Waals surface area contributed by atoms with E-state index >= 15 is 0 Å². The Labute approximate surface area is 168 Å². The van der Waals surface area contributed by atoms with Gasteiger partial charge in [0.1, 0.15) is 0 Å². The van der Waals surface area contributed by atoms with Crippen molar-refractivity contribution in [2.75, 3.05) is 7.11 Å². The molecule has 6 heteroatoms. The highest BCUT2D eigenvalue weighted by Gasteiger charge is 2.42. The van der Waals surface area contributed by atoms with E-state index in [2.05, 4.69) is 11.1 Å². The van der Waals surface area contributed by atoms with Gasteiger partial charge in [0.15, 0.2) is 11.5 Å². The van der Waals surface area contributed by atoms with E-state index in [0.717, 1.165) is 40.3 Å². The van der Waals surface area contributed by atoms with Gasteiger partial charge < -0.3 is 9.47 Å². The van der Waals surface area contributed by atoms with Crippen LogP contribution in [0.4, 0.5) is 0 Å². The topological polar surface area (TPSA) is 47.0 Å². The van der Waals surface area contributed by atoms with Crippen molar-refractivity contribution in [3.8, 4) is 11.5 Å². The van der Waals surface area contributed by atoms with Gasteiger partial charge in [0, 0.05) is 35.0 Å². The number of para-hydroxylation sites is 1. The summed E-state index contributed by atoms with van der Waals surface area (Å²) in [5, 5.41) is 7.68. The number of methoxy groups -OCH3 is 1. The van der Waals surface area contributed by atoms with Gasteiger partial charge in [-0.15, -0.1) is 0 Å². The Morgan fingerprint density at radius 3 is 2.71 bits per heavy atom. The number of fused-ring (bicyclic) bond motifs is 3. The van der Waals surface area contributed by atoms with Crippen LogP contribution in [0.15, 0.2) is 72.1 Å². The number of nitrogens with zero attached hydrogens (tertiary/aromatic N) is 3. The van der Waals surface area contributed by atoms with Gasteiger partial charge in [0.05, 0.1) is 18.9 Å². The predicted molar refractivity (Wildman–Crippen MR) is 108 cm³/mol. The molecule has 0 N–H and O–H groups in total. The maximum absolute atomic E-state index is 6.39. The standard InChI is InChI=1S/C22H18ClN3O2/c1-27-20-6-2-5-17-19-12-18(14-7-9-16(23)10-8-14)25-26(19)22(28-21(17)20)15-4-3-11-24-13-15/h2-11,13,19,22H,12H2,1H3/t19-,22-/m1/s1. The van der Waals surface area contributed by atoms with E-state index in [4.69, 9.17) is 26.2 Å². The zero-order valence-corrected chi connectivity index (χ0v) is 16.0. The molecule has 0 saturated heterocycles. The molecule has 0 aliphatic carbocycles. The van der Waals surface area contributed by atoms with Crippen LogP contribution in [0.3, 0.4) is 0 Å². The summed E-state index contributed by atoms with van der Waals surface area (Å²) in [6.07, 6.45) is 3.98. The van der Waals surface area contributed by atoms with E-state index in [9.17, 15) is 0 Å². The van der Waals surface area contributed by atoms with Gasteiger partial charge in [-0.2, -0.15) is 5.10 Å². The summed E-state index contributed by atoms with van der Waals surface area (Å²) in [6, 6.07) is 17.8. The predicted octanol–water partition coefficient (Wildman–Crippen LogP) is 4.99. The molecule has 0 bridgehead atoms. The summed E-state index contributed by atoms with van der Waals surface area (Å²) in [7, 11) is 1.66. The first-order valence-electron chi connectivity index (χ1n) is 9.10. The van der Waals surface area contributed by atoms with Crippen LogP contribution in [0.25, 0.3) is 0 Å². The number of pyridine rings is 1. The van der Waals surface area contributed by atoms with Crippen molar-refractivity contribution in [2.45, 2.75) is 18.7 Å². The minimum Gasteiger partial charge on any atom is -0.493 e. The molecule has 5 nitrogen and oxygen atoms in total. The highest BCUT2D eigenvalue weighted by molar-refractivity contribution is 6.30. The maximum Gasteiger partial charge on any atom is 0.215 e. The Balaban J connectivity index is 1.61. The van der Waals surface area contributed by atoms with E-state index < -0.39 is 0 Å². The molecular weight excluding hydrogens is 374 g/mol. The Morgan fingerprint density at radius 1 is 1.11 bits per heavy atom. The van der Waals surface area contributed by atoms with Crippen LogP contribution in [0.1, 0.15) is 35.4 Å². The van der Waals surface area contributed by atoms with E-state index in [-0.39, 0.29) is 12.3 Å². The van der Waals surface area contributed by atoms with Gasteiger partial charge in [-0.1, -0.05) is 41.9 Å². The number of halogens is 1. The first-order chi connectivity index (χ1) is 13.7. The van der Waals surface area contributed by atoms with Crippen molar-refractivity contribution >= 4 is 17.3 Å². The lowest BCUT2D eigenvalue weighted by Crippen LogP contribution is -2.33. The fraction of sp³-hybridized carbons (Fsp3) is 0.182. The average Bonchev–Trinajstić information content (AvgIpc) is 3.19. The number of ether oxygens (including phenoxy) is 2. The van der Waals surface area contributed by atoms with Gasteiger partial charge >= 0.3 is 0 Å². The van der Waals surface area contributed by atoms with Crippen LogP contribution in [0.5, 0.6) is 11.5 Å². The van der Waals surface area contributed by atoms with Gasteiger partial charge in [-0.3, -0.25) is 4.98 Å². The molecule has 2 aromatic carbocycles. The summed E-state index contributed by atoms with van der Waals surface area (Å²) in [4.78, 5) is 4.26. The highest BCUT2D eigenvalue weighted by atomic mass is 35.5. The molecule has 2 atom stereocenters. The molecule has 0 unspecified atom stereocenters. The van der Waals surface area contributed by atoms with Crippen LogP contribution < -0.4 is 9.47 Å². The molecule has 0 saturated carbocycles. The van der Waals surface area contributed by atoms with Crippen LogP contribution in [0.2, 0.25) is 5.02 Å². The Morgan fingerprint density at radius 2 is 1.96 bits per heavy atom. The van der Waals surface area contributed by atoms with Gasteiger partial charge in [-0.25, -0.2) is 5.01 Å². The van der Waals surface area contributed by atoms with Crippen LogP contribution in [0, 0.1) is 0 Å². The third kappa shape index (κ3) is 2.79. The van der Waals surface area contributed by atoms with E-state index in [1.807, 2.05) is 59.7 Å². The Bertz CT molecular complexity index is 1040. The van der Waals surface area contributed by atoms with Gasteiger partial charge in [0.25, 0.3) is 0 Å². The molecule has 28 heavy (non-hydrogen) atoms. The average molecular weight is 392 g/mol. The molecule has 3 heterocycles. The van der Waals surface area contributed by atoms with Crippen LogP contribution in [-0.4, -0.2) is 22.8 Å². The van der Waals surface area contributed by atoms with Crippen molar-refractivity contribution in [1.29, 1.82) is 0 Å². The fourth-order valence-electron chi connectivity index (χ4n) is 3.80. The van der Waals surface area contributed by atoms with Crippen LogP contribution >= 0.6 is 11.6 Å². The Hall–Kier alpha value is -3.05. The van der Waals surface area contributed by atoms with E-state index in [1.54, 1.807) is 13.3 Å². The van der Waals surface area contributed by atoms with Crippen molar-refractivity contribution < 1.29 is 9.47 Å². The normalized spacial score (nSPS) is 20.1. The number of hydrogen-bond donors (Lipinski definition) is 0. The SMILES string of the molecule is COc1cccc2c1O[C@H](c1cccnc1)N1N=C(c3ccc(Cl)cc3)C[C@H]21. The number of hydrazone groups is 1. The summed E-state index contributed by atoms with van der Waals surface area (Å²) in [6.45, 7) is 0. The molecule has 2 aliphatic rings. The maximum atomic E-state index is 6.39. The quantitative estimate of drug-likeness (QED) is 0.631. The van der Waals surface area contributed by atoms with E-state index in [0.29, 0.717) is 5.02 Å². The van der Waals surface area contributed by atoms with Crippen LogP contribution in [-0.2, 0) is 0 Å². The molecule has 0 radical (unpaired) electrons. The fourth-order valence-corrected chi connectivity index (χ4v) is 3.93. The molecular formula is C22H18ClN3O2. The number of rotatable bonds is 3. The smallest absolute Gasteiger partial charge is 0.215 e. The first-order valence-corrected chi connectivity index (χ1v) is 9.47. The van der Waals surface area contributed by atoms with Crippen molar-refractivity contribution in [3.63, 3.8) is 0 Å². The van der Waals surface area contributed by atoms with Gasteiger partial charge in [0.2, 0.25) is 6.23 Å². The Kier molecular flexibility index (Phi) is 4.17. The molecule has 5 rings (SSSR count). The van der Waals surface area contributed by atoms with E-state index in [1.165, 1.54) is 0 Å². The second kappa shape index (κ2) is 6.84. The lowest BCUT2D eigenvalue weighted by molar-refractivity contribution is -0.0211. The lowest BCUT2D eigenvalue weighted by atomic mass is 9.95. The second-order valence-corrected chi connectivity index (χ2v) is 7.23. The monoisotopic (exact) mass is 391 g/mol. The molecule has 1 aromatic heterocycles. The molecule has 2 aliphatic heterocycles. The van der Waals surface area contributed by atoms with Crippen molar-refractivity contribution in [2.24, 2.45) is 5.10 Å². The van der Waals surface area contributed by atoms with Crippen molar-refractivity contribution in [3.05, 3.63) is 88.7 Å². The number of benzene rings is 2. The minimum atomic E-state index is -0.368. The van der Waals surface area contributed by atoms with Gasteiger partial charge in [-0.05, 0) is 29.8 Å². The first kappa shape index (κ1) is 17.1. The molecule has 0 amide bonds. The number of aromatic nitrogens is 1. The summed E-state index contributed by atoms with van der Waals surface area (Å²) in [5.41, 5.74) is 4.10. The summed E-state index contributed by atoms with van der Waals surface area (Å²) in [5.74, 6) is 1.50. The third-order valence-electron chi connectivity index (χ3n) is 5.15. The largest absolute Gasteiger partial charge is 0.493 e. The summed E-state index contributed by atoms with van der Waals surface area (Å²) < 4.78 is 11.9. The zero-order chi connectivity index (χ0) is 19.1. The lowest BCUT2D eigenvalue weighted by Gasteiger charge is -2.38. The second-order valence-electron chi connectivity index (χ2n) is 6.79. The summed E-state index contributed by atoms with van der Waals surface area (Å²) >= 11 is 6.05. The third-order valence-corrected chi connectivity index (χ3v) is 5.40. The molecule has 140 valence electrons. The number of hydrogen-bond acceptors (Lipinski definition) is 5. The molecule has 3 aromatic rings. The highest BCUT2D eigenvalue weighted by Crippen LogP contribution is 2.50. The zero-order valence-electron chi connectivity index (χ0n) is 15.2. The molecule has 0 spiro atoms. The molecule has 0 fully saturated rings.